The van der Waals surface area contributed by atoms with Crippen molar-refractivity contribution >= 4 is 32.4 Å². The Morgan fingerprint density at radius 2 is 2.20 bits per heavy atom. The van der Waals surface area contributed by atoms with Crippen molar-refractivity contribution in [3.05, 3.63) is 5.69 Å². The molecule has 1 aliphatic rings. The minimum absolute atomic E-state index is 0.232. The molecule has 1 amide bonds. The van der Waals surface area contributed by atoms with E-state index in [0.717, 1.165) is 24.2 Å². The third kappa shape index (κ3) is 3.18. The molecule has 1 aromatic rings. The molecule has 112 valence electrons. The van der Waals surface area contributed by atoms with Gasteiger partial charge in [-0.1, -0.05) is 18.3 Å². The molecule has 1 N–H and O–H groups in total. The van der Waals surface area contributed by atoms with Crippen LogP contribution in [0.5, 0.6) is 0 Å². The Kier molecular flexibility index (Phi) is 4.46. The largest absolute Gasteiger partial charge is 0.302 e. The summed E-state index contributed by atoms with van der Waals surface area (Å²) in [7, 11) is -3.50. The quantitative estimate of drug-likeness (QED) is 0.922. The van der Waals surface area contributed by atoms with Gasteiger partial charge < -0.3 is 5.32 Å². The second-order valence-electron chi connectivity index (χ2n) is 5.18. The maximum atomic E-state index is 12.6. The number of sulfonamides is 1. The fourth-order valence-electron chi connectivity index (χ4n) is 2.31. The van der Waals surface area contributed by atoms with E-state index in [2.05, 4.69) is 17.2 Å². The third-order valence-electron chi connectivity index (χ3n) is 3.23. The van der Waals surface area contributed by atoms with Gasteiger partial charge in [0.1, 0.15) is 0 Å². The van der Waals surface area contributed by atoms with E-state index >= 15 is 0 Å². The molecule has 1 saturated heterocycles. The van der Waals surface area contributed by atoms with Gasteiger partial charge in [0, 0.05) is 20.0 Å². The van der Waals surface area contributed by atoms with Crippen molar-refractivity contribution in [1.29, 1.82) is 0 Å². The number of nitrogens with zero attached hydrogens (tertiary/aromatic N) is 2. The zero-order valence-electron chi connectivity index (χ0n) is 11.8. The Bertz CT molecular complexity index is 609. The monoisotopic (exact) mass is 317 g/mol. The zero-order valence-corrected chi connectivity index (χ0v) is 13.5. The zero-order chi connectivity index (χ0) is 14.9. The minimum atomic E-state index is -3.50. The maximum absolute atomic E-state index is 12.6. The molecule has 0 spiro atoms. The summed E-state index contributed by atoms with van der Waals surface area (Å²) in [4.78, 5) is 15.1. The first kappa shape index (κ1) is 15.4. The predicted molar refractivity (Wildman–Crippen MR) is 78.3 cm³/mol. The molecule has 0 aliphatic carbocycles. The highest BCUT2D eigenvalue weighted by molar-refractivity contribution is 7.91. The average Bonchev–Trinajstić information content (AvgIpc) is 2.70. The molecule has 1 unspecified atom stereocenters. The van der Waals surface area contributed by atoms with Gasteiger partial charge in [-0.15, -0.1) is 0 Å². The van der Waals surface area contributed by atoms with Gasteiger partial charge in [-0.25, -0.2) is 13.4 Å². The molecule has 0 bridgehead atoms. The number of anilines is 1. The molecule has 1 fully saturated rings. The number of piperidine rings is 1. The minimum Gasteiger partial charge on any atom is -0.302 e. The number of carbonyl (C=O) groups excluding carboxylic acids is 1. The number of amides is 1. The summed E-state index contributed by atoms with van der Waals surface area (Å²) in [6.45, 7) is 6.19. The van der Waals surface area contributed by atoms with E-state index in [0.29, 0.717) is 29.8 Å². The molecular formula is C12H19N3O3S2. The number of carbonyl (C=O) groups is 1. The average molecular weight is 317 g/mol. The van der Waals surface area contributed by atoms with Crippen molar-refractivity contribution in [2.24, 2.45) is 5.92 Å². The van der Waals surface area contributed by atoms with E-state index in [4.69, 9.17) is 0 Å². The van der Waals surface area contributed by atoms with Crippen LogP contribution in [0.1, 0.15) is 32.4 Å². The summed E-state index contributed by atoms with van der Waals surface area (Å²) >= 11 is 1.02. The van der Waals surface area contributed by atoms with Crippen LogP contribution in [0.3, 0.4) is 0 Å². The highest BCUT2D eigenvalue weighted by Gasteiger charge is 2.32. The lowest BCUT2D eigenvalue weighted by Gasteiger charge is -2.29. The van der Waals surface area contributed by atoms with Gasteiger partial charge in [0.2, 0.25) is 5.91 Å². The van der Waals surface area contributed by atoms with Gasteiger partial charge in [0.15, 0.2) is 9.34 Å². The van der Waals surface area contributed by atoms with E-state index in [-0.39, 0.29) is 10.1 Å². The van der Waals surface area contributed by atoms with E-state index in [1.807, 2.05) is 0 Å². The highest BCUT2D eigenvalue weighted by Crippen LogP contribution is 2.31. The number of nitrogens with one attached hydrogen (secondary N) is 1. The number of aromatic nitrogens is 1. The van der Waals surface area contributed by atoms with Crippen LogP contribution in [0.4, 0.5) is 5.13 Å². The molecule has 1 aliphatic heterocycles. The fourth-order valence-corrected chi connectivity index (χ4v) is 5.50. The number of hydrogen-bond acceptors (Lipinski definition) is 5. The van der Waals surface area contributed by atoms with Crippen LogP contribution in [-0.2, 0) is 14.8 Å². The Balaban J connectivity index is 2.29. The molecular weight excluding hydrogens is 298 g/mol. The van der Waals surface area contributed by atoms with Crippen molar-refractivity contribution in [2.75, 3.05) is 18.4 Å². The van der Waals surface area contributed by atoms with Crippen LogP contribution in [-0.4, -0.2) is 36.7 Å². The van der Waals surface area contributed by atoms with E-state index in [1.54, 1.807) is 6.92 Å². The van der Waals surface area contributed by atoms with Gasteiger partial charge >= 0.3 is 0 Å². The summed E-state index contributed by atoms with van der Waals surface area (Å²) in [6, 6.07) is 0. The van der Waals surface area contributed by atoms with Crippen LogP contribution < -0.4 is 5.32 Å². The Morgan fingerprint density at radius 1 is 1.50 bits per heavy atom. The predicted octanol–water partition coefficient (Wildman–Crippen LogP) is 1.83. The van der Waals surface area contributed by atoms with E-state index < -0.39 is 10.0 Å². The van der Waals surface area contributed by atoms with Gasteiger partial charge in [0.25, 0.3) is 10.0 Å². The molecule has 0 aromatic carbocycles. The molecule has 2 rings (SSSR count). The number of rotatable bonds is 3. The molecule has 8 heteroatoms. The number of thiazole rings is 1. The first-order valence-electron chi connectivity index (χ1n) is 6.56. The first-order valence-corrected chi connectivity index (χ1v) is 8.81. The summed E-state index contributed by atoms with van der Waals surface area (Å²) in [5, 5.41) is 2.87. The standard InChI is InChI=1S/C12H19N3O3S2/c1-8-5-4-6-15(7-8)20(17,18)11-9(2)13-12(19-11)14-10(3)16/h8H,4-7H2,1-3H3,(H,13,14,16). The van der Waals surface area contributed by atoms with Crippen LogP contribution in [0.15, 0.2) is 4.21 Å². The fraction of sp³-hybridized carbons (Fsp3) is 0.667. The van der Waals surface area contributed by atoms with Crippen LogP contribution >= 0.6 is 11.3 Å². The SMILES string of the molecule is CC(=O)Nc1nc(C)c(S(=O)(=O)N2CCCC(C)C2)s1. The van der Waals surface area contributed by atoms with Crippen molar-refractivity contribution in [2.45, 2.75) is 37.8 Å². The van der Waals surface area contributed by atoms with E-state index in [1.165, 1.54) is 11.2 Å². The second kappa shape index (κ2) is 5.79. The summed E-state index contributed by atoms with van der Waals surface area (Å²) in [5.74, 6) is 0.121. The van der Waals surface area contributed by atoms with Gasteiger partial charge in [-0.2, -0.15) is 4.31 Å². The lowest BCUT2D eigenvalue weighted by molar-refractivity contribution is -0.114. The van der Waals surface area contributed by atoms with Crippen molar-refractivity contribution in [1.82, 2.24) is 9.29 Å². The van der Waals surface area contributed by atoms with Crippen LogP contribution in [0, 0.1) is 12.8 Å². The van der Waals surface area contributed by atoms with Crippen molar-refractivity contribution in [3.63, 3.8) is 0 Å². The van der Waals surface area contributed by atoms with Gasteiger partial charge in [0.05, 0.1) is 5.69 Å². The molecule has 1 aromatic heterocycles. The van der Waals surface area contributed by atoms with Crippen molar-refractivity contribution in [3.8, 4) is 0 Å². The van der Waals surface area contributed by atoms with Crippen LogP contribution in [0.25, 0.3) is 0 Å². The molecule has 2 heterocycles. The van der Waals surface area contributed by atoms with Gasteiger partial charge in [-0.05, 0) is 25.7 Å². The lowest BCUT2D eigenvalue weighted by Crippen LogP contribution is -2.38. The smallest absolute Gasteiger partial charge is 0.254 e. The highest BCUT2D eigenvalue weighted by atomic mass is 32.2. The molecule has 0 saturated carbocycles. The van der Waals surface area contributed by atoms with Gasteiger partial charge in [-0.3, -0.25) is 4.79 Å². The number of hydrogen-bond donors (Lipinski definition) is 1. The normalized spacial score (nSPS) is 20.9. The summed E-state index contributed by atoms with van der Waals surface area (Å²) < 4.78 is 27.0. The Hall–Kier alpha value is -0.990. The molecule has 1 atom stereocenters. The topological polar surface area (TPSA) is 79.4 Å². The molecule has 6 nitrogen and oxygen atoms in total. The summed E-state index contributed by atoms with van der Waals surface area (Å²) in [5.41, 5.74) is 0.442. The van der Waals surface area contributed by atoms with E-state index in [9.17, 15) is 13.2 Å². The first-order chi connectivity index (χ1) is 9.30. The Labute approximate surface area is 123 Å². The van der Waals surface area contributed by atoms with Crippen molar-refractivity contribution < 1.29 is 13.2 Å². The van der Waals surface area contributed by atoms with Crippen LogP contribution in [0.2, 0.25) is 0 Å². The summed E-state index contributed by atoms with van der Waals surface area (Å²) in [6.07, 6.45) is 1.95. The number of aryl methyl sites for hydroxylation is 1. The Morgan fingerprint density at radius 3 is 2.80 bits per heavy atom. The second-order valence-corrected chi connectivity index (χ2v) is 8.32. The third-order valence-corrected chi connectivity index (χ3v) is 6.76. The maximum Gasteiger partial charge on any atom is 0.254 e. The molecule has 20 heavy (non-hydrogen) atoms. The molecule has 0 radical (unpaired) electrons. The lowest BCUT2D eigenvalue weighted by atomic mass is 10.0.